The largest absolute Gasteiger partial charge is 0.507 e. The number of para-hydroxylation sites is 2. The second-order valence-corrected chi connectivity index (χ2v) is 12.8. The monoisotopic (exact) mass is 657 g/mol. The maximum atomic E-state index is 14.5. The van der Waals surface area contributed by atoms with Crippen LogP contribution >= 0.6 is 15.9 Å². The van der Waals surface area contributed by atoms with Gasteiger partial charge in [0.25, 0.3) is 5.91 Å². The Morgan fingerprint density at radius 2 is 1.82 bits per heavy atom. The van der Waals surface area contributed by atoms with Crippen molar-refractivity contribution in [3.63, 3.8) is 0 Å². The van der Waals surface area contributed by atoms with Crippen molar-refractivity contribution in [3.05, 3.63) is 100 Å². The van der Waals surface area contributed by atoms with Crippen LogP contribution in [-0.2, 0) is 17.8 Å². The van der Waals surface area contributed by atoms with Crippen LogP contribution in [0.1, 0.15) is 48.2 Å². The summed E-state index contributed by atoms with van der Waals surface area (Å²) < 4.78 is 6.80. The number of hydrogen-bond donors (Lipinski definition) is 3. The maximum Gasteiger partial charge on any atom is 0.255 e. The lowest BCUT2D eigenvalue weighted by Crippen LogP contribution is -2.45. The van der Waals surface area contributed by atoms with Gasteiger partial charge in [-0.2, -0.15) is 0 Å². The molecule has 8 heteroatoms. The number of nitrogens with one attached hydrogen (secondary N) is 2. The van der Waals surface area contributed by atoms with Gasteiger partial charge in [-0.25, -0.2) is 0 Å². The van der Waals surface area contributed by atoms with Crippen LogP contribution in [0.15, 0.2) is 83.3 Å². The minimum absolute atomic E-state index is 0.0553. The van der Waals surface area contributed by atoms with Crippen LogP contribution in [0.3, 0.4) is 0 Å². The van der Waals surface area contributed by atoms with E-state index in [1.165, 1.54) is 6.07 Å². The highest BCUT2D eigenvalue weighted by Gasteiger charge is 2.33. The third-order valence-electron chi connectivity index (χ3n) is 8.29. The van der Waals surface area contributed by atoms with E-state index in [0.717, 1.165) is 50.8 Å². The quantitative estimate of drug-likeness (QED) is 0.164. The molecule has 2 atom stereocenters. The van der Waals surface area contributed by atoms with Gasteiger partial charge >= 0.3 is 0 Å². The average molecular weight is 659 g/mol. The predicted octanol–water partition coefficient (Wildman–Crippen LogP) is 6.85. The fraction of sp³-hybridized carbons (Fsp3) is 0.333. The molecule has 0 aliphatic carbocycles. The first-order valence-corrected chi connectivity index (χ1v) is 16.0. The number of halogens is 1. The summed E-state index contributed by atoms with van der Waals surface area (Å²) in [7, 11) is 1.67. The standard InChI is InChI=1S/C36H40BrN3O4/c1-23(2)20-38-28(21-39-35(42)30-9-5-7-11-33(30)41)19-26-13-12-24-8-4-6-10-32(24)40(36(26)43)22-31-29-16-15-27(37)18-25(29)14-17-34(31)44-3/h4-11,14-18,23,26,28,38,41H,12-13,19-22H2,1-3H3,(H,39,42)/t26-,28?/m0/s1. The van der Waals surface area contributed by atoms with Crippen LogP contribution in [0.5, 0.6) is 11.5 Å². The molecule has 0 radical (unpaired) electrons. The number of phenols is 1. The normalized spacial score (nSPS) is 15.6. The number of anilines is 1. The molecule has 0 saturated carbocycles. The number of phenolic OH excluding ortho intramolecular Hbond substituents is 1. The van der Waals surface area contributed by atoms with Crippen LogP contribution in [-0.4, -0.2) is 43.2 Å². The van der Waals surface area contributed by atoms with Crippen molar-refractivity contribution < 1.29 is 19.4 Å². The first-order chi connectivity index (χ1) is 21.2. The highest BCUT2D eigenvalue weighted by molar-refractivity contribution is 9.10. The van der Waals surface area contributed by atoms with Gasteiger partial charge in [0, 0.05) is 34.2 Å². The van der Waals surface area contributed by atoms with Crippen LogP contribution < -0.4 is 20.3 Å². The van der Waals surface area contributed by atoms with Gasteiger partial charge in [-0.3, -0.25) is 9.59 Å². The van der Waals surface area contributed by atoms with Gasteiger partial charge in [-0.15, -0.1) is 0 Å². The second-order valence-electron chi connectivity index (χ2n) is 11.9. The molecule has 1 heterocycles. The number of nitrogens with zero attached hydrogens (tertiary/aromatic N) is 1. The number of hydrogen-bond acceptors (Lipinski definition) is 5. The number of aryl methyl sites for hydroxylation is 1. The van der Waals surface area contributed by atoms with Crippen LogP contribution in [0.2, 0.25) is 0 Å². The molecule has 4 aromatic carbocycles. The van der Waals surface area contributed by atoms with Gasteiger partial charge in [0.15, 0.2) is 0 Å². The Morgan fingerprint density at radius 3 is 2.59 bits per heavy atom. The summed E-state index contributed by atoms with van der Waals surface area (Å²) in [5.74, 6) is 0.555. The van der Waals surface area contributed by atoms with Crippen LogP contribution in [0.4, 0.5) is 5.69 Å². The molecule has 44 heavy (non-hydrogen) atoms. The Bertz CT molecular complexity index is 1640. The topological polar surface area (TPSA) is 90.9 Å². The fourth-order valence-electron chi connectivity index (χ4n) is 5.98. The molecule has 0 spiro atoms. The Kier molecular flexibility index (Phi) is 10.2. The molecule has 7 nitrogen and oxygen atoms in total. The van der Waals surface area contributed by atoms with E-state index in [9.17, 15) is 14.7 Å². The molecule has 4 aromatic rings. The lowest BCUT2D eigenvalue weighted by molar-refractivity contribution is -0.123. The summed E-state index contributed by atoms with van der Waals surface area (Å²) in [6, 6.07) is 24.7. The number of benzene rings is 4. The molecule has 0 saturated heterocycles. The van der Waals surface area contributed by atoms with Crippen molar-refractivity contribution in [1.29, 1.82) is 0 Å². The number of ether oxygens (including phenoxy) is 1. The number of rotatable bonds is 11. The number of aromatic hydroxyl groups is 1. The molecule has 5 rings (SSSR count). The van der Waals surface area contributed by atoms with Crippen molar-refractivity contribution in [2.45, 2.75) is 45.7 Å². The van der Waals surface area contributed by atoms with Crippen molar-refractivity contribution in [2.24, 2.45) is 11.8 Å². The molecule has 2 amide bonds. The Morgan fingerprint density at radius 1 is 1.05 bits per heavy atom. The van der Waals surface area contributed by atoms with E-state index >= 15 is 0 Å². The zero-order chi connectivity index (χ0) is 31.2. The summed E-state index contributed by atoms with van der Waals surface area (Å²) in [6.45, 7) is 5.74. The van der Waals surface area contributed by atoms with E-state index in [2.05, 4.69) is 58.6 Å². The lowest BCUT2D eigenvalue weighted by Gasteiger charge is -2.29. The van der Waals surface area contributed by atoms with Crippen LogP contribution in [0, 0.1) is 11.8 Å². The first kappa shape index (κ1) is 31.5. The first-order valence-electron chi connectivity index (χ1n) is 15.2. The number of carbonyl (C=O) groups is 2. The summed E-state index contributed by atoms with van der Waals surface area (Å²) in [5.41, 5.74) is 3.27. The molecule has 0 fully saturated rings. The van der Waals surface area contributed by atoms with E-state index in [-0.39, 0.29) is 35.1 Å². The van der Waals surface area contributed by atoms with E-state index in [4.69, 9.17) is 4.74 Å². The highest BCUT2D eigenvalue weighted by Crippen LogP contribution is 2.36. The highest BCUT2D eigenvalue weighted by atomic mass is 79.9. The SMILES string of the molecule is COc1ccc2cc(Br)ccc2c1CN1C(=O)[C@H](CC(CNC(=O)c2ccccc2O)NCC(C)C)CCc2ccccc21. The van der Waals surface area contributed by atoms with Crippen molar-refractivity contribution in [1.82, 2.24) is 10.6 Å². The molecule has 230 valence electrons. The zero-order valence-electron chi connectivity index (χ0n) is 25.5. The van der Waals surface area contributed by atoms with Crippen LogP contribution in [0.25, 0.3) is 10.8 Å². The second kappa shape index (κ2) is 14.3. The number of amides is 2. The Hall–Kier alpha value is -3.88. The molecule has 3 N–H and O–H groups in total. The summed E-state index contributed by atoms with van der Waals surface area (Å²) in [4.78, 5) is 29.4. The van der Waals surface area contributed by atoms with Gasteiger partial charge in [-0.05, 0) is 84.5 Å². The molecule has 1 aliphatic rings. The van der Waals surface area contributed by atoms with Gasteiger partial charge in [0.2, 0.25) is 5.91 Å². The minimum atomic E-state index is -0.338. The van der Waals surface area contributed by atoms with Gasteiger partial charge in [-0.1, -0.05) is 72.2 Å². The fourth-order valence-corrected chi connectivity index (χ4v) is 6.36. The predicted molar refractivity (Wildman–Crippen MR) is 179 cm³/mol. The van der Waals surface area contributed by atoms with Gasteiger partial charge in [0.1, 0.15) is 11.5 Å². The maximum absolute atomic E-state index is 14.5. The zero-order valence-corrected chi connectivity index (χ0v) is 27.1. The Labute approximate surface area is 267 Å². The summed E-state index contributed by atoms with van der Waals surface area (Å²) in [6.07, 6.45) is 2.06. The third-order valence-corrected chi connectivity index (χ3v) is 8.78. The van der Waals surface area contributed by atoms with E-state index < -0.39 is 0 Å². The van der Waals surface area contributed by atoms with Gasteiger partial charge < -0.3 is 25.4 Å². The molecular weight excluding hydrogens is 618 g/mol. The Balaban J connectivity index is 1.43. The lowest BCUT2D eigenvalue weighted by atomic mass is 9.92. The van der Waals surface area contributed by atoms with E-state index in [1.807, 2.05) is 41.3 Å². The smallest absolute Gasteiger partial charge is 0.255 e. The van der Waals surface area contributed by atoms with Crippen molar-refractivity contribution in [2.75, 3.05) is 25.1 Å². The molecule has 0 bridgehead atoms. The number of methoxy groups -OCH3 is 1. The van der Waals surface area contributed by atoms with Crippen molar-refractivity contribution >= 4 is 44.2 Å². The summed E-state index contributed by atoms with van der Waals surface area (Å²) >= 11 is 3.58. The molecule has 0 aromatic heterocycles. The summed E-state index contributed by atoms with van der Waals surface area (Å²) in [5, 5.41) is 18.9. The molecular formula is C36H40BrN3O4. The third kappa shape index (κ3) is 7.25. The van der Waals surface area contributed by atoms with E-state index in [1.54, 1.807) is 25.3 Å². The molecule has 1 aliphatic heterocycles. The average Bonchev–Trinajstić information content (AvgIpc) is 3.14. The van der Waals surface area contributed by atoms with Gasteiger partial charge in [0.05, 0.1) is 19.2 Å². The van der Waals surface area contributed by atoms with E-state index in [0.29, 0.717) is 31.8 Å². The number of carbonyl (C=O) groups excluding carboxylic acids is 2. The number of fused-ring (bicyclic) bond motifs is 2. The minimum Gasteiger partial charge on any atom is -0.507 e. The van der Waals surface area contributed by atoms with Crippen molar-refractivity contribution in [3.8, 4) is 11.5 Å². The molecule has 1 unspecified atom stereocenters.